The third-order valence-corrected chi connectivity index (χ3v) is 6.19. The molecule has 5 nitrogen and oxygen atoms in total. The number of amides is 1. The summed E-state index contributed by atoms with van der Waals surface area (Å²) in [7, 11) is 0. The number of hydrogen-bond donors (Lipinski definition) is 1. The van der Waals surface area contributed by atoms with Crippen LogP contribution in [0.15, 0.2) is 72.3 Å². The summed E-state index contributed by atoms with van der Waals surface area (Å²) < 4.78 is 19.3. The van der Waals surface area contributed by atoms with Crippen LogP contribution in [0.2, 0.25) is 0 Å². The second-order valence-corrected chi connectivity index (χ2v) is 8.28. The van der Waals surface area contributed by atoms with Gasteiger partial charge in [0.15, 0.2) is 0 Å². The Bertz CT molecular complexity index is 1300. The monoisotopic (exact) mass is 443 g/mol. The molecule has 2 heterocycles. The van der Waals surface area contributed by atoms with Crippen LogP contribution in [0.4, 0.5) is 10.1 Å². The zero-order valence-corrected chi connectivity index (χ0v) is 18.0. The van der Waals surface area contributed by atoms with Crippen LogP contribution in [-0.4, -0.2) is 23.4 Å². The molecule has 0 saturated carbocycles. The van der Waals surface area contributed by atoms with Crippen molar-refractivity contribution in [2.75, 3.05) is 11.5 Å². The second-order valence-electron chi connectivity index (χ2n) is 8.28. The van der Waals surface area contributed by atoms with Crippen LogP contribution in [0.25, 0.3) is 5.76 Å². The van der Waals surface area contributed by atoms with Crippen LogP contribution in [-0.2, 0) is 16.0 Å². The molecule has 0 aliphatic carbocycles. The van der Waals surface area contributed by atoms with E-state index in [9.17, 15) is 19.1 Å². The molecule has 1 fully saturated rings. The van der Waals surface area contributed by atoms with Crippen molar-refractivity contribution in [1.82, 2.24) is 0 Å². The van der Waals surface area contributed by atoms with Gasteiger partial charge >= 0.3 is 0 Å². The van der Waals surface area contributed by atoms with Gasteiger partial charge in [0.05, 0.1) is 18.2 Å². The normalized spacial score (nSPS) is 19.3. The maximum atomic E-state index is 13.7. The summed E-state index contributed by atoms with van der Waals surface area (Å²) in [6, 6.07) is 17.2. The fourth-order valence-corrected chi connectivity index (χ4v) is 4.54. The van der Waals surface area contributed by atoms with Crippen molar-refractivity contribution < 1.29 is 23.8 Å². The van der Waals surface area contributed by atoms with Gasteiger partial charge in [0.25, 0.3) is 11.7 Å². The highest BCUT2D eigenvalue weighted by Gasteiger charge is 2.47. The number of ketones is 1. The first-order valence-electron chi connectivity index (χ1n) is 10.8. The molecule has 6 heteroatoms. The number of benzene rings is 3. The first-order valence-corrected chi connectivity index (χ1v) is 10.8. The molecule has 2 aliphatic rings. The van der Waals surface area contributed by atoms with Gasteiger partial charge in [0.2, 0.25) is 0 Å². The summed E-state index contributed by atoms with van der Waals surface area (Å²) in [5.74, 6) is -1.44. The number of Topliss-reactive ketones (excluding diaryl/α,β-unsaturated/α-hetero) is 1. The van der Waals surface area contributed by atoms with E-state index in [4.69, 9.17) is 4.74 Å². The maximum Gasteiger partial charge on any atom is 0.300 e. The van der Waals surface area contributed by atoms with Gasteiger partial charge in [-0.15, -0.1) is 0 Å². The van der Waals surface area contributed by atoms with E-state index in [1.165, 1.54) is 29.2 Å². The Morgan fingerprint density at radius 1 is 1.06 bits per heavy atom. The van der Waals surface area contributed by atoms with Gasteiger partial charge in [-0.1, -0.05) is 30.3 Å². The van der Waals surface area contributed by atoms with Crippen molar-refractivity contribution in [3.63, 3.8) is 0 Å². The number of anilines is 1. The lowest BCUT2D eigenvalue weighted by molar-refractivity contribution is -0.132. The van der Waals surface area contributed by atoms with Crippen LogP contribution < -0.4 is 9.64 Å². The molecule has 0 spiro atoms. The maximum absolute atomic E-state index is 13.7. The highest BCUT2D eigenvalue weighted by atomic mass is 19.1. The highest BCUT2D eigenvalue weighted by Crippen LogP contribution is 2.43. The number of hydrogen-bond acceptors (Lipinski definition) is 4. The fraction of sp³-hybridized carbons (Fsp3) is 0.185. The molecule has 166 valence electrons. The molecule has 2 aliphatic heterocycles. The number of halogens is 1. The molecule has 0 aromatic heterocycles. The Hall–Kier alpha value is -3.93. The predicted molar refractivity (Wildman–Crippen MR) is 123 cm³/mol. The molecule has 1 amide bonds. The molecular weight excluding hydrogens is 421 g/mol. The lowest BCUT2D eigenvalue weighted by atomic mass is 9.93. The van der Waals surface area contributed by atoms with Crippen LogP contribution in [0.5, 0.6) is 5.75 Å². The van der Waals surface area contributed by atoms with E-state index >= 15 is 0 Å². The third-order valence-electron chi connectivity index (χ3n) is 6.19. The Morgan fingerprint density at radius 3 is 2.58 bits per heavy atom. The van der Waals surface area contributed by atoms with Crippen molar-refractivity contribution in [2.45, 2.75) is 25.8 Å². The lowest BCUT2D eigenvalue weighted by Gasteiger charge is -2.27. The number of para-hydroxylation sites is 1. The molecule has 1 N–H and O–H groups in total. The Kier molecular flexibility index (Phi) is 5.21. The molecule has 5 rings (SSSR count). The van der Waals surface area contributed by atoms with Crippen molar-refractivity contribution in [1.29, 1.82) is 0 Å². The summed E-state index contributed by atoms with van der Waals surface area (Å²) >= 11 is 0. The molecule has 33 heavy (non-hydrogen) atoms. The van der Waals surface area contributed by atoms with Gasteiger partial charge in [-0.05, 0) is 72.9 Å². The average Bonchev–Trinajstić information content (AvgIpc) is 3.09. The minimum absolute atomic E-state index is 0.0217. The number of ether oxygens (including phenoxy) is 1. The van der Waals surface area contributed by atoms with Crippen LogP contribution in [0.3, 0.4) is 0 Å². The van der Waals surface area contributed by atoms with E-state index in [2.05, 4.69) is 0 Å². The van der Waals surface area contributed by atoms with Gasteiger partial charge < -0.3 is 9.84 Å². The lowest BCUT2D eigenvalue weighted by Crippen LogP contribution is -2.30. The Labute approximate surface area is 190 Å². The molecule has 3 aromatic carbocycles. The van der Waals surface area contributed by atoms with E-state index in [0.29, 0.717) is 23.4 Å². The van der Waals surface area contributed by atoms with E-state index < -0.39 is 23.5 Å². The van der Waals surface area contributed by atoms with Crippen molar-refractivity contribution >= 4 is 23.1 Å². The van der Waals surface area contributed by atoms with Gasteiger partial charge in [0, 0.05) is 11.3 Å². The van der Waals surface area contributed by atoms with Gasteiger partial charge in [-0.25, -0.2) is 4.39 Å². The number of fused-ring (bicyclic) bond motifs is 1. The number of aryl methyl sites for hydroxylation is 2. The van der Waals surface area contributed by atoms with E-state index in [1.54, 1.807) is 30.3 Å². The summed E-state index contributed by atoms with van der Waals surface area (Å²) in [6.07, 6.45) is 1.67. The molecule has 1 saturated heterocycles. The zero-order valence-electron chi connectivity index (χ0n) is 18.0. The summed E-state index contributed by atoms with van der Waals surface area (Å²) in [5, 5.41) is 11.3. The number of rotatable bonds is 3. The minimum Gasteiger partial charge on any atom is -0.507 e. The van der Waals surface area contributed by atoms with E-state index in [0.717, 1.165) is 29.7 Å². The molecule has 0 bridgehead atoms. The summed E-state index contributed by atoms with van der Waals surface area (Å²) in [6.45, 7) is 2.49. The smallest absolute Gasteiger partial charge is 0.300 e. The topological polar surface area (TPSA) is 66.8 Å². The van der Waals surface area contributed by atoms with Crippen LogP contribution in [0, 0.1) is 12.7 Å². The molecule has 1 atom stereocenters. The quantitative estimate of drug-likeness (QED) is 0.348. The molecular formula is C27H22FNO4. The third kappa shape index (κ3) is 3.57. The largest absolute Gasteiger partial charge is 0.507 e. The van der Waals surface area contributed by atoms with Crippen LogP contribution >= 0.6 is 0 Å². The van der Waals surface area contributed by atoms with E-state index in [-0.39, 0.29) is 11.3 Å². The molecule has 3 aromatic rings. The first kappa shape index (κ1) is 20.9. The first-order chi connectivity index (χ1) is 16.0. The fourth-order valence-electron chi connectivity index (χ4n) is 4.54. The SMILES string of the molecule is Cc1ccccc1N1C(=O)C(=O)/C(=C(\O)c2ccc3c(c2)CCCO3)C1c1ccc(F)cc1. The highest BCUT2D eigenvalue weighted by molar-refractivity contribution is 6.51. The standard InChI is InChI=1S/C27H22FNO4/c1-16-5-2-3-7-21(16)29-24(17-8-11-20(28)12-9-17)23(26(31)27(29)32)25(30)19-10-13-22-18(15-19)6-4-14-33-22/h2-3,5,7-13,15,24,30H,4,6,14H2,1H3/b25-23-. The number of aliphatic hydroxyl groups excluding tert-OH is 1. The van der Waals surface area contributed by atoms with Crippen molar-refractivity contribution in [3.05, 3.63) is 100 Å². The van der Waals surface area contributed by atoms with Crippen LogP contribution in [0.1, 0.15) is 34.7 Å². The summed E-state index contributed by atoms with van der Waals surface area (Å²) in [5.41, 5.74) is 3.25. The number of carbonyl (C=O) groups is 2. The number of carbonyl (C=O) groups excluding carboxylic acids is 2. The zero-order chi connectivity index (χ0) is 23.1. The average molecular weight is 443 g/mol. The van der Waals surface area contributed by atoms with Gasteiger partial charge in [0.1, 0.15) is 17.3 Å². The van der Waals surface area contributed by atoms with Crippen molar-refractivity contribution in [2.24, 2.45) is 0 Å². The van der Waals surface area contributed by atoms with Gasteiger partial charge in [-0.2, -0.15) is 0 Å². The molecule has 1 unspecified atom stereocenters. The number of aliphatic hydroxyl groups is 1. The molecule has 0 radical (unpaired) electrons. The Morgan fingerprint density at radius 2 is 1.82 bits per heavy atom. The number of nitrogens with zero attached hydrogens (tertiary/aromatic N) is 1. The van der Waals surface area contributed by atoms with Crippen molar-refractivity contribution in [3.8, 4) is 5.75 Å². The van der Waals surface area contributed by atoms with Gasteiger partial charge in [-0.3, -0.25) is 14.5 Å². The summed E-state index contributed by atoms with van der Waals surface area (Å²) in [4.78, 5) is 27.9. The second kappa shape index (κ2) is 8.20. The Balaban J connectivity index is 1.71. The predicted octanol–water partition coefficient (Wildman–Crippen LogP) is 5.09. The van der Waals surface area contributed by atoms with E-state index in [1.807, 2.05) is 19.1 Å². The minimum atomic E-state index is -0.890.